The van der Waals surface area contributed by atoms with E-state index in [0.29, 0.717) is 6.42 Å². The van der Waals surface area contributed by atoms with Crippen LogP contribution in [0.15, 0.2) is 0 Å². The lowest BCUT2D eigenvalue weighted by molar-refractivity contribution is -0.134. The van der Waals surface area contributed by atoms with E-state index < -0.39 is 0 Å². The fraction of sp³-hybridized carbons (Fsp3) is 0.900. The van der Waals surface area contributed by atoms with E-state index in [1.807, 2.05) is 21.6 Å². The highest BCUT2D eigenvalue weighted by Gasteiger charge is 2.15. The third kappa shape index (κ3) is 6.62. The van der Waals surface area contributed by atoms with Crippen molar-refractivity contribution in [2.24, 2.45) is 0 Å². The topological polar surface area (TPSA) is 58.6 Å². The predicted molar refractivity (Wildman–Crippen MR) is 68.1 cm³/mol. The molecular formula is C10H19NO3S2. The van der Waals surface area contributed by atoms with Crippen LogP contribution in [0.5, 0.6) is 0 Å². The predicted octanol–water partition coefficient (Wildman–Crippen LogP) is 1.74. The molecule has 0 aromatic rings. The molecule has 0 aromatic heterocycles. The van der Waals surface area contributed by atoms with Gasteiger partial charge in [-0.25, -0.2) is 5.48 Å². The standard InChI is InChI=1S/C10H19NO3S2/c12-6-7-14-11-10(13)4-2-1-3-9-5-8-15-16-9/h9,12H,1-8H2,(H,11,13). The molecule has 0 spiro atoms. The second-order valence-corrected chi connectivity index (χ2v) is 6.46. The summed E-state index contributed by atoms with van der Waals surface area (Å²) in [6.07, 6.45) is 5.04. The van der Waals surface area contributed by atoms with Crippen molar-refractivity contribution in [2.45, 2.75) is 37.4 Å². The molecule has 0 radical (unpaired) electrons. The number of hydrogen-bond donors (Lipinski definition) is 2. The Morgan fingerprint density at radius 3 is 3.06 bits per heavy atom. The second kappa shape index (κ2) is 9.15. The van der Waals surface area contributed by atoms with Crippen LogP contribution in [0.2, 0.25) is 0 Å². The van der Waals surface area contributed by atoms with Crippen LogP contribution in [0.4, 0.5) is 0 Å². The normalized spacial score (nSPS) is 19.9. The number of carbonyl (C=O) groups excluding carboxylic acids is 1. The molecule has 1 saturated heterocycles. The van der Waals surface area contributed by atoms with Crippen molar-refractivity contribution in [1.29, 1.82) is 0 Å². The average molecular weight is 265 g/mol. The average Bonchev–Trinajstić information content (AvgIpc) is 2.78. The summed E-state index contributed by atoms with van der Waals surface area (Å²) in [7, 11) is 3.94. The fourth-order valence-corrected chi connectivity index (χ4v) is 4.48. The lowest BCUT2D eigenvalue weighted by Gasteiger charge is -2.07. The lowest BCUT2D eigenvalue weighted by atomic mass is 10.1. The maximum Gasteiger partial charge on any atom is 0.243 e. The smallest absolute Gasteiger partial charge is 0.243 e. The minimum atomic E-state index is -0.0955. The van der Waals surface area contributed by atoms with Gasteiger partial charge in [0.25, 0.3) is 0 Å². The van der Waals surface area contributed by atoms with Crippen molar-refractivity contribution in [1.82, 2.24) is 5.48 Å². The Morgan fingerprint density at radius 2 is 2.38 bits per heavy atom. The number of amides is 1. The van der Waals surface area contributed by atoms with Crippen molar-refractivity contribution in [3.8, 4) is 0 Å². The number of unbranched alkanes of at least 4 members (excludes halogenated alkanes) is 1. The molecule has 6 heteroatoms. The van der Waals surface area contributed by atoms with Crippen molar-refractivity contribution < 1.29 is 14.7 Å². The highest BCUT2D eigenvalue weighted by Crippen LogP contribution is 2.39. The molecule has 2 N–H and O–H groups in total. The van der Waals surface area contributed by atoms with Gasteiger partial charge in [-0.2, -0.15) is 0 Å². The van der Waals surface area contributed by atoms with Crippen molar-refractivity contribution in [3.05, 3.63) is 0 Å². The molecule has 94 valence electrons. The van der Waals surface area contributed by atoms with Crippen LogP contribution < -0.4 is 5.48 Å². The van der Waals surface area contributed by atoms with Crippen LogP contribution >= 0.6 is 21.6 Å². The first kappa shape index (κ1) is 14.2. The molecule has 1 rings (SSSR count). The fourth-order valence-electron chi connectivity index (χ4n) is 1.45. The van der Waals surface area contributed by atoms with Crippen LogP contribution in [-0.2, 0) is 9.63 Å². The van der Waals surface area contributed by atoms with E-state index in [1.165, 1.54) is 18.6 Å². The zero-order chi connectivity index (χ0) is 11.6. The van der Waals surface area contributed by atoms with Gasteiger partial charge in [0.1, 0.15) is 0 Å². The first-order valence-electron chi connectivity index (χ1n) is 5.62. The Labute approximate surface area is 104 Å². The number of aliphatic hydroxyl groups is 1. The highest BCUT2D eigenvalue weighted by atomic mass is 33.1. The van der Waals surface area contributed by atoms with E-state index in [2.05, 4.69) is 5.48 Å². The maximum atomic E-state index is 11.2. The number of rotatable bonds is 8. The zero-order valence-corrected chi connectivity index (χ0v) is 10.9. The second-order valence-electron chi connectivity index (χ2n) is 3.67. The number of hydrogen-bond acceptors (Lipinski definition) is 5. The van der Waals surface area contributed by atoms with Gasteiger partial charge in [0.05, 0.1) is 13.2 Å². The Kier molecular flexibility index (Phi) is 8.10. The quantitative estimate of drug-likeness (QED) is 0.398. The van der Waals surface area contributed by atoms with Gasteiger partial charge in [0, 0.05) is 17.4 Å². The van der Waals surface area contributed by atoms with E-state index in [1.54, 1.807) is 0 Å². The summed E-state index contributed by atoms with van der Waals surface area (Å²) >= 11 is 0. The molecule has 0 saturated carbocycles. The first-order valence-corrected chi connectivity index (χ1v) is 8.01. The summed E-state index contributed by atoms with van der Waals surface area (Å²) in [5.74, 6) is 1.17. The molecule has 1 aliphatic heterocycles. The van der Waals surface area contributed by atoms with Crippen LogP contribution in [0.1, 0.15) is 32.1 Å². The van der Waals surface area contributed by atoms with Gasteiger partial charge in [0.2, 0.25) is 5.91 Å². The Balaban J connectivity index is 1.87. The van der Waals surface area contributed by atoms with Crippen molar-refractivity contribution >= 4 is 27.5 Å². The largest absolute Gasteiger partial charge is 0.394 e. The monoisotopic (exact) mass is 265 g/mol. The molecule has 1 atom stereocenters. The number of hydroxylamine groups is 1. The molecule has 1 heterocycles. The minimum absolute atomic E-state index is 0.0726. The van der Waals surface area contributed by atoms with E-state index in [-0.39, 0.29) is 19.1 Å². The van der Waals surface area contributed by atoms with Gasteiger partial charge in [-0.15, -0.1) is 0 Å². The SMILES string of the molecule is O=C(CCCCC1CCSS1)NOCCO. The number of aliphatic hydroxyl groups excluding tert-OH is 1. The van der Waals surface area contributed by atoms with Gasteiger partial charge in [-0.05, 0) is 19.3 Å². The first-order chi connectivity index (χ1) is 7.83. The lowest BCUT2D eigenvalue weighted by Crippen LogP contribution is -2.24. The highest BCUT2D eigenvalue weighted by molar-refractivity contribution is 8.77. The summed E-state index contributed by atoms with van der Waals surface area (Å²) in [5, 5.41) is 9.22. The third-order valence-electron chi connectivity index (χ3n) is 2.29. The number of nitrogens with one attached hydrogen (secondary N) is 1. The molecule has 16 heavy (non-hydrogen) atoms. The molecule has 0 aliphatic carbocycles. The minimum Gasteiger partial charge on any atom is -0.394 e. The summed E-state index contributed by atoms with van der Waals surface area (Å²) in [6.45, 7) is 0.0819. The van der Waals surface area contributed by atoms with E-state index in [0.717, 1.165) is 18.1 Å². The van der Waals surface area contributed by atoms with Gasteiger partial charge in [0.15, 0.2) is 0 Å². The van der Waals surface area contributed by atoms with Crippen LogP contribution in [0, 0.1) is 0 Å². The number of carbonyl (C=O) groups is 1. The summed E-state index contributed by atoms with van der Waals surface area (Å²) in [5.41, 5.74) is 2.30. The zero-order valence-electron chi connectivity index (χ0n) is 9.31. The molecule has 1 amide bonds. The van der Waals surface area contributed by atoms with E-state index in [9.17, 15) is 4.79 Å². The third-order valence-corrected chi connectivity index (χ3v) is 5.29. The molecular weight excluding hydrogens is 246 g/mol. The Hall–Kier alpha value is 0.0900. The molecule has 4 nitrogen and oxygen atoms in total. The van der Waals surface area contributed by atoms with Gasteiger partial charge >= 0.3 is 0 Å². The molecule has 1 aliphatic rings. The molecule has 1 unspecified atom stereocenters. The molecule has 1 fully saturated rings. The van der Waals surface area contributed by atoms with Crippen LogP contribution in [-0.4, -0.2) is 35.2 Å². The van der Waals surface area contributed by atoms with E-state index >= 15 is 0 Å². The van der Waals surface area contributed by atoms with Gasteiger partial charge in [-0.1, -0.05) is 28.0 Å². The van der Waals surface area contributed by atoms with Crippen LogP contribution in [0.25, 0.3) is 0 Å². The van der Waals surface area contributed by atoms with Gasteiger partial charge in [-0.3, -0.25) is 9.63 Å². The van der Waals surface area contributed by atoms with Crippen LogP contribution in [0.3, 0.4) is 0 Å². The molecule has 0 bridgehead atoms. The molecule has 0 aromatic carbocycles. The van der Waals surface area contributed by atoms with Gasteiger partial charge < -0.3 is 5.11 Å². The summed E-state index contributed by atoms with van der Waals surface area (Å²) < 4.78 is 0. The van der Waals surface area contributed by atoms with E-state index in [4.69, 9.17) is 9.94 Å². The van der Waals surface area contributed by atoms with Crippen molar-refractivity contribution in [2.75, 3.05) is 19.0 Å². The Bertz CT molecular complexity index is 199. The maximum absolute atomic E-state index is 11.2. The van der Waals surface area contributed by atoms with Crippen molar-refractivity contribution in [3.63, 3.8) is 0 Å². The summed E-state index contributed by atoms with van der Waals surface area (Å²) in [4.78, 5) is 15.9. The Morgan fingerprint density at radius 1 is 1.50 bits per heavy atom. The summed E-state index contributed by atoms with van der Waals surface area (Å²) in [6, 6.07) is 0.